The predicted octanol–water partition coefficient (Wildman–Crippen LogP) is 2.49. The molecule has 2 heterocycles. The zero-order valence-electron chi connectivity index (χ0n) is 13.1. The molecule has 0 bridgehead atoms. The van der Waals surface area contributed by atoms with Crippen molar-refractivity contribution in [1.82, 2.24) is 10.3 Å². The summed E-state index contributed by atoms with van der Waals surface area (Å²) in [6.45, 7) is 1.26. The van der Waals surface area contributed by atoms with E-state index in [4.69, 9.17) is 5.26 Å². The minimum Gasteiger partial charge on any atom is -0.367 e. The van der Waals surface area contributed by atoms with E-state index in [1.807, 2.05) is 11.0 Å². The van der Waals surface area contributed by atoms with E-state index in [0.29, 0.717) is 23.4 Å². The van der Waals surface area contributed by atoms with Crippen molar-refractivity contribution in [3.8, 4) is 6.07 Å². The summed E-state index contributed by atoms with van der Waals surface area (Å²) in [5.74, 6) is -0.580. The highest BCUT2D eigenvalue weighted by molar-refractivity contribution is 5.94. The fourth-order valence-electron chi connectivity index (χ4n) is 2.91. The van der Waals surface area contributed by atoms with Crippen LogP contribution >= 0.6 is 0 Å². The smallest absolute Gasteiger partial charge is 0.253 e. The van der Waals surface area contributed by atoms with E-state index in [1.54, 1.807) is 30.5 Å². The number of pyridine rings is 1. The lowest BCUT2D eigenvalue weighted by atomic mass is 10.0. The Kier molecular flexibility index (Phi) is 4.71. The number of nitrogens with zero attached hydrogens (tertiary/aromatic N) is 3. The molecule has 0 aliphatic carbocycles. The number of hydrogen-bond acceptors (Lipinski definition) is 4. The Bertz CT molecular complexity index is 772. The molecule has 1 N–H and O–H groups in total. The number of carbonyl (C=O) groups excluding carboxylic acids is 1. The molecular formula is C18H17FN4O. The molecule has 1 aromatic heterocycles. The second-order valence-corrected chi connectivity index (χ2v) is 5.78. The first-order valence-corrected chi connectivity index (χ1v) is 7.83. The van der Waals surface area contributed by atoms with Gasteiger partial charge in [0.15, 0.2) is 0 Å². The second-order valence-electron chi connectivity index (χ2n) is 5.78. The second kappa shape index (κ2) is 7.09. The molecule has 6 heteroatoms. The number of benzene rings is 1. The summed E-state index contributed by atoms with van der Waals surface area (Å²) in [6.07, 6.45) is 4.85. The van der Waals surface area contributed by atoms with Crippen molar-refractivity contribution in [2.24, 2.45) is 0 Å². The number of nitrogens with one attached hydrogen (secondary N) is 1. The third kappa shape index (κ3) is 3.51. The predicted molar refractivity (Wildman–Crippen MR) is 88.1 cm³/mol. The Balaban J connectivity index is 1.69. The zero-order chi connectivity index (χ0) is 16.9. The summed E-state index contributed by atoms with van der Waals surface area (Å²) < 4.78 is 14.2. The van der Waals surface area contributed by atoms with Crippen molar-refractivity contribution < 1.29 is 9.18 Å². The van der Waals surface area contributed by atoms with Crippen molar-refractivity contribution in [2.75, 3.05) is 18.0 Å². The van der Waals surface area contributed by atoms with Gasteiger partial charge in [-0.2, -0.15) is 5.26 Å². The Labute approximate surface area is 139 Å². The first-order valence-electron chi connectivity index (χ1n) is 7.83. The lowest BCUT2D eigenvalue weighted by Gasteiger charge is -2.35. The number of anilines is 1. The van der Waals surface area contributed by atoms with Crippen LogP contribution in [0.2, 0.25) is 0 Å². The van der Waals surface area contributed by atoms with Crippen molar-refractivity contribution in [3.63, 3.8) is 0 Å². The molecule has 0 radical (unpaired) electrons. The molecule has 2 aromatic rings. The number of amides is 1. The van der Waals surface area contributed by atoms with Crippen LogP contribution in [0.4, 0.5) is 10.1 Å². The molecule has 1 aliphatic rings. The molecular weight excluding hydrogens is 307 g/mol. The minimum atomic E-state index is -0.409. The van der Waals surface area contributed by atoms with Gasteiger partial charge in [-0.3, -0.25) is 9.78 Å². The van der Waals surface area contributed by atoms with Crippen LogP contribution in [0.25, 0.3) is 0 Å². The van der Waals surface area contributed by atoms with Crippen molar-refractivity contribution in [1.29, 1.82) is 5.26 Å². The third-order valence-corrected chi connectivity index (χ3v) is 4.10. The maximum Gasteiger partial charge on any atom is 0.253 e. The topological polar surface area (TPSA) is 69.0 Å². The fraction of sp³-hybridized carbons (Fsp3) is 0.278. The van der Waals surface area contributed by atoms with Gasteiger partial charge < -0.3 is 10.2 Å². The van der Waals surface area contributed by atoms with E-state index in [1.165, 1.54) is 12.3 Å². The van der Waals surface area contributed by atoms with Crippen molar-refractivity contribution in [3.05, 3.63) is 59.7 Å². The lowest BCUT2D eigenvalue weighted by molar-refractivity contribution is 0.0933. The van der Waals surface area contributed by atoms with E-state index in [-0.39, 0.29) is 11.9 Å². The fourth-order valence-corrected chi connectivity index (χ4v) is 2.91. The number of piperidine rings is 1. The summed E-state index contributed by atoms with van der Waals surface area (Å²) >= 11 is 0. The summed E-state index contributed by atoms with van der Waals surface area (Å²) in [5, 5.41) is 11.8. The minimum absolute atomic E-state index is 0.0542. The highest BCUT2D eigenvalue weighted by atomic mass is 19.1. The summed E-state index contributed by atoms with van der Waals surface area (Å²) in [7, 11) is 0. The average molecular weight is 324 g/mol. The van der Waals surface area contributed by atoms with E-state index >= 15 is 0 Å². The number of hydrogen-bond donors (Lipinski definition) is 1. The molecule has 1 amide bonds. The zero-order valence-corrected chi connectivity index (χ0v) is 13.1. The monoisotopic (exact) mass is 324 g/mol. The van der Waals surface area contributed by atoms with Crippen molar-refractivity contribution in [2.45, 2.75) is 18.9 Å². The first kappa shape index (κ1) is 15.9. The number of halogens is 1. The van der Waals surface area contributed by atoms with Gasteiger partial charge in [-0.05, 0) is 43.2 Å². The van der Waals surface area contributed by atoms with Crippen LogP contribution < -0.4 is 10.2 Å². The number of rotatable bonds is 3. The summed E-state index contributed by atoms with van der Waals surface area (Å²) in [5.41, 5.74) is 1.28. The molecule has 1 fully saturated rings. The third-order valence-electron chi connectivity index (χ3n) is 4.10. The van der Waals surface area contributed by atoms with Gasteiger partial charge in [0.2, 0.25) is 0 Å². The SMILES string of the molecule is N#Cc1ccc(N2CCCC(NC(=O)c3cccnc3)C2)c(F)c1. The molecule has 5 nitrogen and oxygen atoms in total. The van der Waals surface area contributed by atoms with Crippen LogP contribution in [-0.4, -0.2) is 30.0 Å². The van der Waals surface area contributed by atoms with Crippen molar-refractivity contribution >= 4 is 11.6 Å². The largest absolute Gasteiger partial charge is 0.367 e. The van der Waals surface area contributed by atoms with Gasteiger partial charge in [0.05, 0.1) is 22.9 Å². The van der Waals surface area contributed by atoms with Gasteiger partial charge in [-0.1, -0.05) is 0 Å². The van der Waals surface area contributed by atoms with Crippen LogP contribution in [-0.2, 0) is 0 Å². The van der Waals surface area contributed by atoms with Gasteiger partial charge in [-0.25, -0.2) is 4.39 Å². The van der Waals surface area contributed by atoms with Gasteiger partial charge in [0.1, 0.15) is 5.82 Å². The molecule has 0 spiro atoms. The lowest BCUT2D eigenvalue weighted by Crippen LogP contribution is -2.48. The quantitative estimate of drug-likeness (QED) is 0.942. The van der Waals surface area contributed by atoms with E-state index in [9.17, 15) is 9.18 Å². The highest BCUT2D eigenvalue weighted by Crippen LogP contribution is 2.24. The van der Waals surface area contributed by atoms with Gasteiger partial charge in [0, 0.05) is 31.5 Å². The number of carbonyl (C=O) groups is 1. The molecule has 1 aliphatic heterocycles. The molecule has 1 atom stereocenters. The van der Waals surface area contributed by atoms with Gasteiger partial charge in [0.25, 0.3) is 5.91 Å². The molecule has 1 aromatic carbocycles. The Morgan fingerprint density at radius 3 is 3.00 bits per heavy atom. The molecule has 24 heavy (non-hydrogen) atoms. The Hall–Kier alpha value is -2.94. The van der Waals surface area contributed by atoms with E-state index in [0.717, 1.165) is 19.4 Å². The molecule has 1 saturated heterocycles. The van der Waals surface area contributed by atoms with E-state index < -0.39 is 5.82 Å². The summed E-state index contributed by atoms with van der Waals surface area (Å²) in [4.78, 5) is 18.1. The van der Waals surface area contributed by atoms with E-state index in [2.05, 4.69) is 10.3 Å². The van der Waals surface area contributed by atoms with Crippen LogP contribution in [0, 0.1) is 17.1 Å². The van der Waals surface area contributed by atoms with Gasteiger partial charge >= 0.3 is 0 Å². The molecule has 0 saturated carbocycles. The van der Waals surface area contributed by atoms with Crippen LogP contribution in [0.3, 0.4) is 0 Å². The normalized spacial score (nSPS) is 17.2. The maximum atomic E-state index is 14.2. The molecule has 122 valence electrons. The Morgan fingerprint density at radius 2 is 2.29 bits per heavy atom. The van der Waals surface area contributed by atoms with Crippen LogP contribution in [0.5, 0.6) is 0 Å². The van der Waals surface area contributed by atoms with Crippen LogP contribution in [0.15, 0.2) is 42.7 Å². The molecule has 3 rings (SSSR count). The summed E-state index contributed by atoms with van der Waals surface area (Å²) in [6, 6.07) is 9.78. The highest BCUT2D eigenvalue weighted by Gasteiger charge is 2.23. The van der Waals surface area contributed by atoms with Gasteiger partial charge in [-0.15, -0.1) is 0 Å². The van der Waals surface area contributed by atoms with Crippen LogP contribution in [0.1, 0.15) is 28.8 Å². The Morgan fingerprint density at radius 1 is 1.42 bits per heavy atom. The number of aromatic nitrogens is 1. The molecule has 1 unspecified atom stereocenters. The number of nitriles is 1. The standard InChI is InChI=1S/C18H17FN4O/c19-16-9-13(10-20)5-6-17(16)23-8-2-4-15(12-23)22-18(24)14-3-1-7-21-11-14/h1,3,5-7,9,11,15H,2,4,8,12H2,(H,22,24). The maximum absolute atomic E-state index is 14.2. The average Bonchev–Trinajstić information content (AvgIpc) is 2.62. The first-order chi connectivity index (χ1) is 11.7.